The monoisotopic (exact) mass is 561 g/mol. The van der Waals surface area contributed by atoms with Crippen LogP contribution in [0.15, 0.2) is 17.1 Å². The molecule has 0 spiro atoms. The number of piperidine rings is 1. The molecule has 2 heterocycles. The molecule has 1 unspecified atom stereocenters. The molecule has 3 rings (SSSR count). The minimum atomic E-state index is 0. The quantitative estimate of drug-likeness (QED) is 0.202. The summed E-state index contributed by atoms with van der Waals surface area (Å²) in [6.07, 6.45) is 4.48. The van der Waals surface area contributed by atoms with Crippen molar-refractivity contribution in [3.63, 3.8) is 0 Å². The van der Waals surface area contributed by atoms with Crippen LogP contribution >= 0.6 is 24.0 Å². The molecule has 0 bridgehead atoms. The Hall–Kier alpha value is -1.26. The van der Waals surface area contributed by atoms with E-state index in [1.54, 1.807) is 7.11 Å². The van der Waals surface area contributed by atoms with Gasteiger partial charge in [-0.25, -0.2) is 4.99 Å². The van der Waals surface area contributed by atoms with Gasteiger partial charge in [-0.3, -0.25) is 0 Å². The molecule has 8 heteroatoms. The van der Waals surface area contributed by atoms with Crippen molar-refractivity contribution in [3.05, 3.63) is 23.3 Å². The fraction of sp³-hybridized carbons (Fsp3) is 0.708. The number of fused-ring (bicyclic) bond motifs is 1. The molecule has 1 saturated heterocycles. The number of hydrogen-bond acceptors (Lipinski definition) is 5. The number of ether oxygens (including phenoxy) is 4. The molecule has 0 amide bonds. The van der Waals surface area contributed by atoms with Crippen molar-refractivity contribution in [2.45, 2.75) is 65.2 Å². The van der Waals surface area contributed by atoms with Crippen LogP contribution in [-0.4, -0.2) is 69.6 Å². The van der Waals surface area contributed by atoms with E-state index < -0.39 is 0 Å². The van der Waals surface area contributed by atoms with Gasteiger partial charge in [-0.05, 0) is 52.2 Å². The number of nitrogens with zero attached hydrogens (tertiary/aromatic N) is 2. The van der Waals surface area contributed by atoms with E-state index in [0.717, 1.165) is 81.6 Å². The highest BCUT2D eigenvalue weighted by atomic mass is 127. The molecule has 1 aromatic carbocycles. The second-order valence-electron chi connectivity index (χ2n) is 8.21. The summed E-state index contributed by atoms with van der Waals surface area (Å²) in [5, 5.41) is 3.45. The average Bonchev–Trinajstić information content (AvgIpc) is 3.13. The van der Waals surface area contributed by atoms with E-state index in [2.05, 4.69) is 36.2 Å². The highest BCUT2D eigenvalue weighted by molar-refractivity contribution is 14.0. The van der Waals surface area contributed by atoms with Crippen LogP contribution in [0.5, 0.6) is 11.5 Å². The van der Waals surface area contributed by atoms with Crippen LogP contribution in [0, 0.1) is 0 Å². The van der Waals surface area contributed by atoms with Crippen molar-refractivity contribution in [2.24, 2.45) is 4.99 Å². The fourth-order valence-corrected chi connectivity index (χ4v) is 4.17. The Balaban J connectivity index is 0.00000363. The van der Waals surface area contributed by atoms with Crippen molar-refractivity contribution in [3.8, 4) is 11.5 Å². The average molecular weight is 562 g/mol. The van der Waals surface area contributed by atoms with Crippen LogP contribution in [0.25, 0.3) is 0 Å². The second kappa shape index (κ2) is 14.1. The molecule has 0 aromatic heterocycles. The lowest BCUT2D eigenvalue weighted by Gasteiger charge is -2.34. The minimum absolute atomic E-state index is 0. The zero-order chi connectivity index (χ0) is 22.1. The molecule has 0 saturated carbocycles. The van der Waals surface area contributed by atoms with Crippen LogP contribution in [0.4, 0.5) is 0 Å². The Morgan fingerprint density at radius 3 is 2.69 bits per heavy atom. The van der Waals surface area contributed by atoms with Crippen LogP contribution in [0.1, 0.15) is 51.2 Å². The predicted molar refractivity (Wildman–Crippen MR) is 139 cm³/mol. The van der Waals surface area contributed by atoms with Gasteiger partial charge < -0.3 is 29.2 Å². The first-order chi connectivity index (χ1) is 15.1. The minimum Gasteiger partial charge on any atom is -0.494 e. The zero-order valence-corrected chi connectivity index (χ0v) is 22.4. The summed E-state index contributed by atoms with van der Waals surface area (Å²) < 4.78 is 23.0. The van der Waals surface area contributed by atoms with Crippen LogP contribution < -0.4 is 14.8 Å². The maximum atomic E-state index is 6.00. The second-order valence-corrected chi connectivity index (χ2v) is 8.21. The van der Waals surface area contributed by atoms with E-state index in [9.17, 15) is 0 Å². The topological polar surface area (TPSA) is 64.6 Å². The van der Waals surface area contributed by atoms with Gasteiger partial charge in [0.05, 0.1) is 19.3 Å². The number of hydrogen-bond donors (Lipinski definition) is 1. The Morgan fingerprint density at radius 2 is 2.00 bits per heavy atom. The molecule has 32 heavy (non-hydrogen) atoms. The number of aliphatic imine (C=N–C) groups is 1. The van der Waals surface area contributed by atoms with E-state index >= 15 is 0 Å². The maximum Gasteiger partial charge on any atom is 0.194 e. The molecular weight excluding hydrogens is 521 g/mol. The molecule has 2 aliphatic heterocycles. The Morgan fingerprint density at radius 1 is 1.22 bits per heavy atom. The van der Waals surface area contributed by atoms with Crippen molar-refractivity contribution in [1.82, 2.24) is 10.2 Å². The van der Waals surface area contributed by atoms with Gasteiger partial charge in [0, 0.05) is 57.5 Å². The molecule has 1 atom stereocenters. The normalized spacial score (nSPS) is 18.7. The summed E-state index contributed by atoms with van der Waals surface area (Å²) in [6.45, 7) is 11.7. The number of rotatable bonds is 10. The Kier molecular flexibility index (Phi) is 11.9. The molecular formula is C24H40IN3O4. The molecule has 182 valence electrons. The molecule has 1 N–H and O–H groups in total. The summed E-state index contributed by atoms with van der Waals surface area (Å²) in [7, 11) is 1.73. The maximum absolute atomic E-state index is 6.00. The van der Waals surface area contributed by atoms with Crippen LogP contribution in [0.2, 0.25) is 0 Å². The summed E-state index contributed by atoms with van der Waals surface area (Å²) >= 11 is 0. The summed E-state index contributed by atoms with van der Waals surface area (Å²) in [6, 6.07) is 4.24. The molecule has 7 nitrogen and oxygen atoms in total. The molecule has 0 radical (unpaired) electrons. The van der Waals surface area contributed by atoms with Gasteiger partial charge in [-0.1, -0.05) is 0 Å². The van der Waals surface area contributed by atoms with Gasteiger partial charge in [-0.2, -0.15) is 0 Å². The first kappa shape index (κ1) is 27.0. The Labute approximate surface area is 210 Å². The fourth-order valence-electron chi connectivity index (χ4n) is 4.17. The number of guanidine groups is 1. The van der Waals surface area contributed by atoms with Gasteiger partial charge in [0.15, 0.2) is 5.96 Å². The van der Waals surface area contributed by atoms with Gasteiger partial charge in [0.2, 0.25) is 0 Å². The number of methoxy groups -OCH3 is 1. The zero-order valence-electron chi connectivity index (χ0n) is 20.0. The van der Waals surface area contributed by atoms with Crippen molar-refractivity contribution in [2.75, 3.05) is 46.6 Å². The van der Waals surface area contributed by atoms with Crippen LogP contribution in [0.3, 0.4) is 0 Å². The third-order valence-electron chi connectivity index (χ3n) is 5.70. The van der Waals surface area contributed by atoms with Gasteiger partial charge in [0.25, 0.3) is 0 Å². The largest absolute Gasteiger partial charge is 0.494 e. The van der Waals surface area contributed by atoms with E-state index in [4.69, 9.17) is 23.9 Å². The molecule has 2 aliphatic rings. The third-order valence-corrected chi connectivity index (χ3v) is 5.70. The first-order valence-electron chi connectivity index (χ1n) is 11.7. The molecule has 0 aliphatic carbocycles. The molecule has 1 fully saturated rings. The van der Waals surface area contributed by atoms with Gasteiger partial charge in [-0.15, -0.1) is 24.0 Å². The molecule has 1 aromatic rings. The SMILES string of the molecule is CCNC(=NCc1cc2c(cc1OCC)CC(C)O2)N1CCC(OCCCOC)CC1.I. The lowest BCUT2D eigenvalue weighted by atomic mass is 10.1. The van der Waals surface area contributed by atoms with Gasteiger partial charge >= 0.3 is 0 Å². The third kappa shape index (κ3) is 7.66. The van der Waals surface area contributed by atoms with E-state index in [1.807, 2.05) is 6.92 Å². The number of likely N-dealkylation sites (tertiary alicyclic amines) is 1. The van der Waals surface area contributed by atoms with Crippen LogP contribution in [-0.2, 0) is 22.4 Å². The van der Waals surface area contributed by atoms with E-state index in [1.165, 1.54) is 5.56 Å². The standard InChI is InChI=1S/C24H39N3O4.HI/c1-5-25-24(27-10-8-21(9-11-27)30-13-7-12-28-4)26-17-20-16-23-19(14-18(3)31-23)15-22(20)29-6-2;/h15-16,18,21H,5-14,17H2,1-4H3,(H,25,26);1H. The van der Waals surface area contributed by atoms with E-state index in [0.29, 0.717) is 19.3 Å². The van der Waals surface area contributed by atoms with Crippen molar-refractivity contribution >= 4 is 29.9 Å². The van der Waals surface area contributed by atoms with Gasteiger partial charge in [0.1, 0.15) is 17.6 Å². The number of benzene rings is 1. The lowest BCUT2D eigenvalue weighted by Crippen LogP contribution is -2.47. The number of nitrogens with one attached hydrogen (secondary N) is 1. The summed E-state index contributed by atoms with van der Waals surface area (Å²) in [4.78, 5) is 7.28. The highest BCUT2D eigenvalue weighted by Gasteiger charge is 2.24. The number of halogens is 1. The highest BCUT2D eigenvalue weighted by Crippen LogP contribution is 2.35. The summed E-state index contributed by atoms with van der Waals surface area (Å²) in [5.74, 6) is 2.84. The van der Waals surface area contributed by atoms with Crippen molar-refractivity contribution < 1.29 is 18.9 Å². The summed E-state index contributed by atoms with van der Waals surface area (Å²) in [5.41, 5.74) is 2.30. The lowest BCUT2D eigenvalue weighted by molar-refractivity contribution is 0.00990. The predicted octanol–water partition coefficient (Wildman–Crippen LogP) is 4.01. The first-order valence-corrected chi connectivity index (χ1v) is 11.7. The Bertz CT molecular complexity index is 723. The smallest absolute Gasteiger partial charge is 0.194 e. The van der Waals surface area contributed by atoms with Crippen molar-refractivity contribution in [1.29, 1.82) is 0 Å². The van der Waals surface area contributed by atoms with E-state index in [-0.39, 0.29) is 30.1 Å².